The highest BCUT2D eigenvalue weighted by molar-refractivity contribution is 9.10. The van der Waals surface area contributed by atoms with Crippen molar-refractivity contribution in [2.45, 2.75) is 101 Å². The SMILES string of the molecule is CN(CCCCCCCc1nc2cccc(Br)c2c(=O)n1C1CCC(=O)NC1=O)C12CC3CC(CC(C3)C1)C2. The number of nitrogens with one attached hydrogen (secondary N) is 1. The van der Waals surface area contributed by atoms with Gasteiger partial charge in [-0.05, 0) is 117 Å². The Bertz CT molecular complexity index is 1290. The van der Waals surface area contributed by atoms with Crippen LogP contribution in [-0.4, -0.2) is 45.4 Å². The Hall–Kier alpha value is -2.06. The molecule has 1 unspecified atom stereocenters. The molecule has 1 aromatic heterocycles. The minimum absolute atomic E-state index is 0.218. The second-order valence-electron chi connectivity index (χ2n) is 12.9. The van der Waals surface area contributed by atoms with Crippen LogP contribution in [0.15, 0.2) is 27.5 Å². The van der Waals surface area contributed by atoms with Crippen LogP contribution in [0.5, 0.6) is 0 Å². The fraction of sp³-hybridized carbons (Fsp3) is 0.677. The Morgan fingerprint density at radius 3 is 2.36 bits per heavy atom. The van der Waals surface area contributed by atoms with E-state index in [0.29, 0.717) is 39.6 Å². The Morgan fingerprint density at radius 1 is 1.00 bits per heavy atom. The van der Waals surface area contributed by atoms with Gasteiger partial charge in [0.2, 0.25) is 11.8 Å². The number of aromatic nitrogens is 2. The first-order valence-corrected chi connectivity index (χ1v) is 15.9. The minimum atomic E-state index is -0.700. The van der Waals surface area contributed by atoms with Gasteiger partial charge >= 0.3 is 0 Å². The van der Waals surface area contributed by atoms with Crippen molar-refractivity contribution in [3.8, 4) is 0 Å². The average Bonchev–Trinajstić information content (AvgIpc) is 2.88. The van der Waals surface area contributed by atoms with E-state index in [1.807, 2.05) is 18.2 Å². The lowest BCUT2D eigenvalue weighted by Crippen LogP contribution is -2.58. The molecular formula is C31H41BrN4O3. The van der Waals surface area contributed by atoms with Gasteiger partial charge in [-0.25, -0.2) is 4.98 Å². The molecule has 1 aliphatic heterocycles. The van der Waals surface area contributed by atoms with Crippen molar-refractivity contribution in [2.24, 2.45) is 17.8 Å². The summed E-state index contributed by atoms with van der Waals surface area (Å²) in [5.74, 6) is 2.91. The number of fused-ring (bicyclic) bond motifs is 1. The third-order valence-electron chi connectivity index (χ3n) is 10.2. The number of benzene rings is 1. The smallest absolute Gasteiger partial charge is 0.263 e. The van der Waals surface area contributed by atoms with E-state index in [1.165, 1.54) is 57.9 Å². The molecule has 7 nitrogen and oxygen atoms in total. The fourth-order valence-electron chi connectivity index (χ4n) is 8.61. The zero-order valence-corrected chi connectivity index (χ0v) is 24.7. The number of aryl methyl sites for hydroxylation is 1. The molecule has 0 spiro atoms. The van der Waals surface area contributed by atoms with E-state index in [9.17, 15) is 14.4 Å². The zero-order chi connectivity index (χ0) is 27.1. The van der Waals surface area contributed by atoms with Gasteiger partial charge in [-0.2, -0.15) is 0 Å². The van der Waals surface area contributed by atoms with Gasteiger partial charge in [-0.15, -0.1) is 0 Å². The topological polar surface area (TPSA) is 84.3 Å². The monoisotopic (exact) mass is 596 g/mol. The number of rotatable bonds is 10. The Balaban J connectivity index is 1.05. The first kappa shape index (κ1) is 27.1. The normalized spacial score (nSPS) is 29.9. The molecule has 2 aromatic rings. The molecule has 8 heteroatoms. The van der Waals surface area contributed by atoms with Gasteiger partial charge in [0.15, 0.2) is 0 Å². The van der Waals surface area contributed by atoms with E-state index in [0.717, 1.165) is 37.0 Å². The molecule has 2 amide bonds. The van der Waals surface area contributed by atoms with Gasteiger partial charge in [0, 0.05) is 22.9 Å². The standard InChI is InChI=1S/C31H41BrN4O3/c1-35(31-17-20-14-21(18-31)16-22(15-20)19-31)13-6-4-2-3-5-10-26-33-24-9-7-8-23(32)28(24)30(39)36(26)25-11-12-27(37)34-29(25)38/h7-9,20-22,25H,2-6,10-19H2,1H3,(H,34,37,38). The lowest BCUT2D eigenvalue weighted by Gasteiger charge is -2.60. The van der Waals surface area contributed by atoms with Crippen LogP contribution in [0.2, 0.25) is 0 Å². The molecule has 5 aliphatic rings. The lowest BCUT2D eigenvalue weighted by atomic mass is 9.52. The maximum atomic E-state index is 13.6. The van der Waals surface area contributed by atoms with Crippen LogP contribution in [0.25, 0.3) is 10.9 Å². The van der Waals surface area contributed by atoms with E-state index < -0.39 is 11.9 Å². The number of hydrogen-bond acceptors (Lipinski definition) is 5. The molecule has 4 bridgehead atoms. The summed E-state index contributed by atoms with van der Waals surface area (Å²) in [6.45, 7) is 1.20. The first-order chi connectivity index (χ1) is 18.8. The number of imide groups is 1. The van der Waals surface area contributed by atoms with Gasteiger partial charge < -0.3 is 4.90 Å². The number of amides is 2. The van der Waals surface area contributed by atoms with Gasteiger partial charge in [0.25, 0.3) is 5.56 Å². The van der Waals surface area contributed by atoms with Crippen LogP contribution in [-0.2, 0) is 16.0 Å². The van der Waals surface area contributed by atoms with E-state index in [2.05, 4.69) is 33.2 Å². The van der Waals surface area contributed by atoms with Gasteiger partial charge in [0.05, 0.1) is 10.9 Å². The summed E-state index contributed by atoms with van der Waals surface area (Å²) in [6.07, 6.45) is 15.6. The predicted octanol–water partition coefficient (Wildman–Crippen LogP) is 5.53. The molecule has 4 aliphatic carbocycles. The van der Waals surface area contributed by atoms with Gasteiger partial charge in [0.1, 0.15) is 11.9 Å². The summed E-state index contributed by atoms with van der Waals surface area (Å²) in [7, 11) is 2.38. The van der Waals surface area contributed by atoms with Gasteiger partial charge in [-0.1, -0.05) is 25.3 Å². The molecule has 1 saturated heterocycles. The maximum Gasteiger partial charge on any atom is 0.263 e. The number of nitrogens with zero attached hydrogens (tertiary/aromatic N) is 3. The zero-order valence-electron chi connectivity index (χ0n) is 23.1. The molecular weight excluding hydrogens is 556 g/mol. The number of hydrogen-bond donors (Lipinski definition) is 1. The summed E-state index contributed by atoms with van der Waals surface area (Å²) in [5, 5.41) is 2.89. The highest BCUT2D eigenvalue weighted by Crippen LogP contribution is 2.57. The van der Waals surface area contributed by atoms with Crippen LogP contribution < -0.4 is 10.9 Å². The number of piperidine rings is 1. The first-order valence-electron chi connectivity index (χ1n) is 15.1. The summed E-state index contributed by atoms with van der Waals surface area (Å²) < 4.78 is 2.22. The number of carbonyl (C=O) groups is 2. The molecule has 4 saturated carbocycles. The quantitative estimate of drug-likeness (QED) is 0.288. The Morgan fingerprint density at radius 2 is 1.67 bits per heavy atom. The summed E-state index contributed by atoms with van der Waals surface area (Å²) in [6, 6.07) is 4.84. The average molecular weight is 598 g/mol. The number of halogens is 1. The fourth-order valence-corrected chi connectivity index (χ4v) is 9.13. The van der Waals surface area contributed by atoms with Crippen LogP contribution in [0.1, 0.15) is 95.3 Å². The summed E-state index contributed by atoms with van der Waals surface area (Å²) in [5.41, 5.74) is 0.913. The second-order valence-corrected chi connectivity index (χ2v) is 13.7. The van der Waals surface area contributed by atoms with Crippen molar-refractivity contribution in [2.75, 3.05) is 13.6 Å². The molecule has 2 heterocycles. The highest BCUT2D eigenvalue weighted by Gasteiger charge is 2.52. The van der Waals surface area contributed by atoms with E-state index in [1.54, 1.807) is 4.57 Å². The van der Waals surface area contributed by atoms with E-state index in [-0.39, 0.29) is 17.9 Å². The van der Waals surface area contributed by atoms with Crippen molar-refractivity contribution >= 4 is 38.6 Å². The van der Waals surface area contributed by atoms with Crippen molar-refractivity contribution in [3.63, 3.8) is 0 Å². The second kappa shape index (κ2) is 11.1. The third-order valence-corrected chi connectivity index (χ3v) is 10.8. The molecule has 39 heavy (non-hydrogen) atoms. The molecule has 1 aromatic carbocycles. The molecule has 1 atom stereocenters. The van der Waals surface area contributed by atoms with Crippen LogP contribution in [0.3, 0.4) is 0 Å². The third kappa shape index (κ3) is 5.35. The Kier molecular flexibility index (Phi) is 7.70. The van der Waals surface area contributed by atoms with Crippen LogP contribution in [0.4, 0.5) is 0 Å². The van der Waals surface area contributed by atoms with Crippen molar-refractivity contribution in [1.29, 1.82) is 0 Å². The number of unbranched alkanes of at least 4 members (excludes halogenated alkanes) is 4. The molecule has 210 valence electrons. The van der Waals surface area contributed by atoms with E-state index >= 15 is 0 Å². The van der Waals surface area contributed by atoms with Crippen molar-refractivity contribution < 1.29 is 9.59 Å². The molecule has 5 fully saturated rings. The summed E-state index contributed by atoms with van der Waals surface area (Å²) >= 11 is 3.49. The number of carbonyl (C=O) groups excluding carboxylic acids is 2. The summed E-state index contributed by atoms with van der Waals surface area (Å²) in [4.78, 5) is 45.6. The van der Waals surface area contributed by atoms with Gasteiger partial charge in [-0.3, -0.25) is 24.3 Å². The highest BCUT2D eigenvalue weighted by atomic mass is 79.9. The van der Waals surface area contributed by atoms with Crippen LogP contribution >= 0.6 is 15.9 Å². The largest absolute Gasteiger partial charge is 0.301 e. The lowest BCUT2D eigenvalue weighted by molar-refractivity contribution is -0.135. The molecule has 0 radical (unpaired) electrons. The van der Waals surface area contributed by atoms with Crippen molar-refractivity contribution in [1.82, 2.24) is 19.8 Å². The minimum Gasteiger partial charge on any atom is -0.301 e. The van der Waals surface area contributed by atoms with E-state index in [4.69, 9.17) is 4.98 Å². The Labute approximate surface area is 239 Å². The van der Waals surface area contributed by atoms with Crippen molar-refractivity contribution in [3.05, 3.63) is 38.9 Å². The molecule has 1 N–H and O–H groups in total. The maximum absolute atomic E-state index is 13.6. The molecule has 7 rings (SSSR count). The van der Waals surface area contributed by atoms with Crippen LogP contribution in [0, 0.1) is 17.8 Å². The predicted molar refractivity (Wildman–Crippen MR) is 155 cm³/mol.